The summed E-state index contributed by atoms with van der Waals surface area (Å²) in [4.78, 5) is 21.1. The fraction of sp³-hybridized carbons (Fsp3) is 0.167. The van der Waals surface area contributed by atoms with E-state index in [-0.39, 0.29) is 22.7 Å². The third-order valence-electron chi connectivity index (χ3n) is 1.66. The van der Waals surface area contributed by atoms with Crippen molar-refractivity contribution < 1.29 is 0 Å². The number of aryl methyl sites for hydroxylation is 1. The average Bonchev–Trinajstić information content (AvgIpc) is 2.08. The Morgan fingerprint density at radius 3 is 2.93 bits per heavy atom. The first-order valence-electron chi connectivity index (χ1n) is 3.73. The van der Waals surface area contributed by atoms with Crippen LogP contribution in [0.25, 0.3) is 11.2 Å². The second kappa shape index (κ2) is 2.62. The Morgan fingerprint density at radius 2 is 2.21 bits per heavy atom. The Hall–Kier alpha value is -2.25. The lowest BCUT2D eigenvalue weighted by atomic mass is 10.5. The number of nitrogen functional groups attached to an aromatic ring is 1. The molecule has 8 heteroatoms. The van der Waals surface area contributed by atoms with E-state index < -0.39 is 5.56 Å². The quantitative estimate of drug-likeness (QED) is 0.451. The van der Waals surface area contributed by atoms with Crippen LogP contribution >= 0.6 is 0 Å². The molecule has 0 radical (unpaired) electrons. The zero-order valence-electron chi connectivity index (χ0n) is 7.27. The molecule has 0 atom stereocenters. The maximum Gasteiger partial charge on any atom is 0.282 e. The second-order valence-corrected chi connectivity index (χ2v) is 2.68. The Kier molecular flexibility index (Phi) is 1.56. The van der Waals surface area contributed by atoms with Crippen molar-refractivity contribution >= 4 is 17.1 Å². The van der Waals surface area contributed by atoms with Crippen molar-refractivity contribution in [1.29, 1.82) is 5.41 Å². The molecule has 2 heterocycles. The smallest absolute Gasteiger partial charge is 0.282 e. The summed E-state index contributed by atoms with van der Waals surface area (Å²) in [7, 11) is 1.52. The van der Waals surface area contributed by atoms with Crippen LogP contribution in [0.3, 0.4) is 0 Å². The van der Waals surface area contributed by atoms with Gasteiger partial charge in [-0.25, -0.2) is 4.68 Å². The molecule has 14 heavy (non-hydrogen) atoms. The molecule has 4 N–H and O–H groups in total. The highest BCUT2D eigenvalue weighted by molar-refractivity contribution is 5.67. The normalized spacial score (nSPS) is 10.6. The average molecular weight is 193 g/mol. The summed E-state index contributed by atoms with van der Waals surface area (Å²) in [5.74, 6) is -0.0370. The van der Waals surface area contributed by atoms with E-state index in [1.165, 1.54) is 11.7 Å². The van der Waals surface area contributed by atoms with Gasteiger partial charge in [0.1, 0.15) is 0 Å². The van der Waals surface area contributed by atoms with E-state index in [9.17, 15) is 4.79 Å². The number of nitrogens with one attached hydrogen (secondary N) is 2. The fourth-order valence-electron chi connectivity index (χ4n) is 1.01. The van der Waals surface area contributed by atoms with Gasteiger partial charge in [0.25, 0.3) is 5.56 Å². The summed E-state index contributed by atoms with van der Waals surface area (Å²) in [6.45, 7) is 0. The maximum atomic E-state index is 11.3. The first kappa shape index (κ1) is 8.35. The molecule has 2 aromatic heterocycles. The van der Waals surface area contributed by atoms with Crippen molar-refractivity contribution in [2.75, 3.05) is 5.73 Å². The monoisotopic (exact) mass is 193 g/mol. The summed E-state index contributed by atoms with van der Waals surface area (Å²) in [6.07, 6.45) is 0. The third-order valence-corrected chi connectivity index (χ3v) is 1.66. The summed E-state index contributed by atoms with van der Waals surface area (Å²) >= 11 is 0. The lowest BCUT2D eigenvalue weighted by Gasteiger charge is -1.99. The summed E-state index contributed by atoms with van der Waals surface area (Å²) in [6, 6.07) is 0. The van der Waals surface area contributed by atoms with Crippen molar-refractivity contribution in [2.45, 2.75) is 0 Å². The van der Waals surface area contributed by atoms with Gasteiger partial charge in [-0.2, -0.15) is 15.1 Å². The minimum Gasteiger partial charge on any atom is -0.369 e. The van der Waals surface area contributed by atoms with Crippen LogP contribution < -0.4 is 16.9 Å². The van der Waals surface area contributed by atoms with Crippen LogP contribution in [0.15, 0.2) is 4.79 Å². The van der Waals surface area contributed by atoms with Gasteiger partial charge in [0, 0.05) is 7.05 Å². The first-order chi connectivity index (χ1) is 6.58. The number of hydrogen-bond acceptors (Lipinski definition) is 6. The molecule has 72 valence electrons. The number of hydrogen-bond donors (Lipinski definition) is 3. The Balaban J connectivity index is 3.04. The van der Waals surface area contributed by atoms with Crippen LogP contribution in [-0.4, -0.2) is 24.7 Å². The molecule has 0 unspecified atom stereocenters. The lowest BCUT2D eigenvalue weighted by molar-refractivity contribution is 0.662. The Morgan fingerprint density at radius 1 is 1.50 bits per heavy atom. The molecule has 0 aliphatic rings. The first-order valence-corrected chi connectivity index (χ1v) is 3.73. The van der Waals surface area contributed by atoms with E-state index in [0.717, 1.165) is 0 Å². The third kappa shape index (κ3) is 1.13. The van der Waals surface area contributed by atoms with Gasteiger partial charge in [0.2, 0.25) is 11.6 Å². The highest BCUT2D eigenvalue weighted by Crippen LogP contribution is 1.95. The van der Waals surface area contributed by atoms with Gasteiger partial charge in [-0.3, -0.25) is 15.2 Å². The van der Waals surface area contributed by atoms with Gasteiger partial charge in [-0.15, -0.1) is 0 Å². The zero-order valence-corrected chi connectivity index (χ0v) is 7.27. The molecule has 0 aliphatic heterocycles. The van der Waals surface area contributed by atoms with Crippen LogP contribution in [0.1, 0.15) is 0 Å². The molecule has 0 saturated carbocycles. The number of aromatic amines is 1. The number of anilines is 1. The van der Waals surface area contributed by atoms with Crippen LogP contribution in [0.2, 0.25) is 0 Å². The molecule has 0 aromatic carbocycles. The van der Waals surface area contributed by atoms with Gasteiger partial charge in [0.15, 0.2) is 11.2 Å². The van der Waals surface area contributed by atoms with E-state index in [0.29, 0.717) is 0 Å². The van der Waals surface area contributed by atoms with Crippen molar-refractivity contribution in [3.8, 4) is 0 Å². The topological polar surface area (TPSA) is 126 Å². The molecule has 2 aromatic rings. The van der Waals surface area contributed by atoms with Crippen LogP contribution in [0, 0.1) is 5.41 Å². The molecule has 0 saturated heterocycles. The predicted octanol–water partition coefficient (Wildman–Crippen LogP) is -1.89. The maximum absolute atomic E-state index is 11.3. The number of nitrogens with zero attached hydrogens (tertiary/aromatic N) is 4. The molecular weight excluding hydrogens is 186 g/mol. The van der Waals surface area contributed by atoms with E-state index in [1.54, 1.807) is 0 Å². The minimum atomic E-state index is -0.462. The van der Waals surface area contributed by atoms with Crippen molar-refractivity contribution in [3.05, 3.63) is 16.0 Å². The van der Waals surface area contributed by atoms with E-state index >= 15 is 0 Å². The Bertz CT molecular complexity index is 610. The molecule has 0 aliphatic carbocycles. The predicted molar refractivity (Wildman–Crippen MR) is 47.2 cm³/mol. The van der Waals surface area contributed by atoms with Crippen molar-refractivity contribution in [2.24, 2.45) is 7.05 Å². The Labute approximate surface area is 76.9 Å². The number of rotatable bonds is 0. The molecule has 0 fully saturated rings. The number of nitrogens with two attached hydrogens (primary N) is 1. The van der Waals surface area contributed by atoms with Gasteiger partial charge in [-0.05, 0) is 0 Å². The number of fused-ring (bicyclic) bond motifs is 1. The van der Waals surface area contributed by atoms with Gasteiger partial charge < -0.3 is 5.73 Å². The number of H-pyrrole nitrogens is 1. The summed E-state index contributed by atoms with van der Waals surface area (Å²) < 4.78 is 1.18. The van der Waals surface area contributed by atoms with Crippen molar-refractivity contribution in [1.82, 2.24) is 24.7 Å². The van der Waals surface area contributed by atoms with Gasteiger partial charge in [-0.1, -0.05) is 0 Å². The molecular formula is C6H7N7O. The summed E-state index contributed by atoms with van der Waals surface area (Å²) in [5, 5.41) is 11.2. The second-order valence-electron chi connectivity index (χ2n) is 2.68. The SMILES string of the molecule is Cn1nc2c(=O)[nH]c(N)nc2nc1=N. The van der Waals surface area contributed by atoms with E-state index in [2.05, 4.69) is 20.1 Å². The minimum absolute atomic E-state index is 0.0370. The highest BCUT2D eigenvalue weighted by Gasteiger charge is 2.05. The lowest BCUT2D eigenvalue weighted by Crippen LogP contribution is -2.26. The van der Waals surface area contributed by atoms with Crippen LogP contribution in [0.4, 0.5) is 5.95 Å². The largest absolute Gasteiger partial charge is 0.369 e. The number of aromatic nitrogens is 5. The van der Waals surface area contributed by atoms with Crippen molar-refractivity contribution in [3.63, 3.8) is 0 Å². The molecule has 2 rings (SSSR count). The molecule has 0 spiro atoms. The molecule has 0 amide bonds. The van der Waals surface area contributed by atoms with Crippen LogP contribution in [-0.2, 0) is 7.05 Å². The molecule has 8 nitrogen and oxygen atoms in total. The zero-order chi connectivity index (χ0) is 10.3. The summed E-state index contributed by atoms with van der Waals surface area (Å²) in [5.41, 5.74) is 4.91. The molecule has 0 bridgehead atoms. The standard InChI is InChI=1S/C6H7N7O/c1-13-6(8)10-3-2(12-13)4(14)11-5(7)9-3/h1H3,(H4,7,8,9,10,11,14). The van der Waals surface area contributed by atoms with Gasteiger partial charge in [0.05, 0.1) is 0 Å². The van der Waals surface area contributed by atoms with E-state index in [4.69, 9.17) is 11.1 Å². The fourth-order valence-corrected chi connectivity index (χ4v) is 1.01. The highest BCUT2D eigenvalue weighted by atomic mass is 16.1. The van der Waals surface area contributed by atoms with Gasteiger partial charge >= 0.3 is 0 Å². The van der Waals surface area contributed by atoms with Crippen LogP contribution in [0.5, 0.6) is 0 Å². The van der Waals surface area contributed by atoms with E-state index in [1.807, 2.05) is 0 Å².